The lowest BCUT2D eigenvalue weighted by Gasteiger charge is -2.37. The Balaban J connectivity index is 2.12. The monoisotopic (exact) mass is 339 g/mol. The average Bonchev–Trinajstić information content (AvgIpc) is 2.58. The van der Waals surface area contributed by atoms with Crippen molar-refractivity contribution in [2.75, 3.05) is 47.6 Å². The highest BCUT2D eigenvalue weighted by Crippen LogP contribution is 2.29. The van der Waals surface area contributed by atoms with Gasteiger partial charge in [-0.15, -0.1) is 0 Å². The number of ether oxygens (including phenoxy) is 1. The maximum Gasteiger partial charge on any atom is 0.501 e. The first kappa shape index (κ1) is 18.6. The van der Waals surface area contributed by atoms with Gasteiger partial charge in [0.25, 0.3) is 0 Å². The molecule has 1 aliphatic heterocycles. The van der Waals surface area contributed by atoms with Gasteiger partial charge in [-0.25, -0.2) is 0 Å². The summed E-state index contributed by atoms with van der Waals surface area (Å²) in [4.78, 5) is 2.46. The van der Waals surface area contributed by atoms with Crippen LogP contribution in [0, 0.1) is 0 Å². The molecule has 130 valence electrons. The lowest BCUT2D eigenvalue weighted by molar-refractivity contribution is 0.0232. The molecule has 1 aliphatic rings. The van der Waals surface area contributed by atoms with Gasteiger partial charge in [-0.05, 0) is 24.9 Å². The topological polar surface area (TPSA) is 40.2 Å². The fraction of sp³-hybridized carbons (Fsp3) is 0.647. The molecule has 1 saturated heterocycles. The first-order valence-corrected chi connectivity index (χ1v) is 10.2. The highest BCUT2D eigenvalue weighted by atomic mass is 28.4. The standard InChI is InChI=1S/C17H29NO4Si/c1-19-13-7-11-18-12-8-14-23(20-2,21-3)22-17(15-18)16-9-5-4-6-10-16/h4-6,9-10,17H,7-8,11-15H2,1-3H3. The molecule has 0 spiro atoms. The Morgan fingerprint density at radius 1 is 1.17 bits per heavy atom. The summed E-state index contributed by atoms with van der Waals surface area (Å²) in [6.07, 6.45) is 2.04. The number of nitrogens with zero attached hydrogens (tertiary/aromatic N) is 1. The number of hydrogen-bond donors (Lipinski definition) is 0. The predicted molar refractivity (Wildman–Crippen MR) is 92.4 cm³/mol. The van der Waals surface area contributed by atoms with Crippen LogP contribution >= 0.6 is 0 Å². The maximum absolute atomic E-state index is 6.42. The number of benzene rings is 1. The van der Waals surface area contributed by atoms with Crippen molar-refractivity contribution in [1.29, 1.82) is 0 Å². The average molecular weight is 340 g/mol. The van der Waals surface area contributed by atoms with Crippen molar-refractivity contribution in [1.82, 2.24) is 4.90 Å². The van der Waals surface area contributed by atoms with Gasteiger partial charge in [0.05, 0.1) is 6.10 Å². The smallest absolute Gasteiger partial charge is 0.385 e. The number of methoxy groups -OCH3 is 1. The van der Waals surface area contributed by atoms with Crippen LogP contribution in [-0.2, 0) is 18.0 Å². The summed E-state index contributed by atoms with van der Waals surface area (Å²) in [5, 5.41) is 0. The molecule has 1 unspecified atom stereocenters. The first-order chi connectivity index (χ1) is 11.2. The van der Waals surface area contributed by atoms with Crippen LogP contribution in [0.15, 0.2) is 30.3 Å². The van der Waals surface area contributed by atoms with Gasteiger partial charge in [0.1, 0.15) is 0 Å². The van der Waals surface area contributed by atoms with Crippen LogP contribution in [0.5, 0.6) is 0 Å². The van der Waals surface area contributed by atoms with E-state index in [0.29, 0.717) is 0 Å². The fourth-order valence-corrected chi connectivity index (χ4v) is 5.14. The Morgan fingerprint density at radius 3 is 2.57 bits per heavy atom. The molecule has 1 fully saturated rings. The van der Waals surface area contributed by atoms with Crippen molar-refractivity contribution in [3.8, 4) is 0 Å². The summed E-state index contributed by atoms with van der Waals surface area (Å²) in [6, 6.07) is 11.2. The molecule has 6 heteroatoms. The molecule has 1 aromatic carbocycles. The molecule has 5 nitrogen and oxygen atoms in total. The van der Waals surface area contributed by atoms with Crippen LogP contribution in [0.2, 0.25) is 6.04 Å². The maximum atomic E-state index is 6.42. The van der Waals surface area contributed by atoms with Crippen LogP contribution in [0.3, 0.4) is 0 Å². The van der Waals surface area contributed by atoms with E-state index in [9.17, 15) is 0 Å². The molecular weight excluding hydrogens is 310 g/mol. The van der Waals surface area contributed by atoms with Gasteiger partial charge in [-0.2, -0.15) is 0 Å². The largest absolute Gasteiger partial charge is 0.501 e. The van der Waals surface area contributed by atoms with Crippen molar-refractivity contribution in [2.24, 2.45) is 0 Å². The van der Waals surface area contributed by atoms with E-state index >= 15 is 0 Å². The highest BCUT2D eigenvalue weighted by molar-refractivity contribution is 6.60. The molecule has 2 rings (SSSR count). The molecule has 0 aliphatic carbocycles. The lowest BCUT2D eigenvalue weighted by Crippen LogP contribution is -2.49. The quantitative estimate of drug-likeness (QED) is 0.564. The molecule has 0 bridgehead atoms. The zero-order valence-electron chi connectivity index (χ0n) is 14.5. The minimum atomic E-state index is -2.58. The second-order valence-corrected chi connectivity index (χ2v) is 8.78. The van der Waals surface area contributed by atoms with Crippen molar-refractivity contribution in [3.63, 3.8) is 0 Å². The third-order valence-corrected chi connectivity index (χ3v) is 7.17. The van der Waals surface area contributed by atoms with E-state index in [2.05, 4.69) is 29.2 Å². The van der Waals surface area contributed by atoms with Gasteiger partial charge in [0, 0.05) is 47.1 Å². The second kappa shape index (κ2) is 9.51. The SMILES string of the molecule is COCCCN1CCC[Si](OC)(OC)OC(c2ccccc2)C1. The zero-order chi connectivity index (χ0) is 16.5. The van der Waals surface area contributed by atoms with Crippen molar-refractivity contribution in [3.05, 3.63) is 35.9 Å². The summed E-state index contributed by atoms with van der Waals surface area (Å²) < 4.78 is 23.0. The van der Waals surface area contributed by atoms with Crippen LogP contribution in [0.25, 0.3) is 0 Å². The van der Waals surface area contributed by atoms with Gasteiger partial charge in [-0.3, -0.25) is 0 Å². The molecule has 1 heterocycles. The fourth-order valence-electron chi connectivity index (χ4n) is 3.02. The zero-order valence-corrected chi connectivity index (χ0v) is 15.5. The molecule has 0 aromatic heterocycles. The Labute approximate surface area is 140 Å². The highest BCUT2D eigenvalue weighted by Gasteiger charge is 2.43. The number of rotatable bonds is 7. The van der Waals surface area contributed by atoms with Gasteiger partial charge < -0.3 is 22.9 Å². The summed E-state index contributed by atoms with van der Waals surface area (Å²) >= 11 is 0. The van der Waals surface area contributed by atoms with Crippen LogP contribution in [0.4, 0.5) is 0 Å². The minimum Gasteiger partial charge on any atom is -0.385 e. The van der Waals surface area contributed by atoms with Crippen LogP contribution in [0.1, 0.15) is 24.5 Å². The Kier molecular flexibility index (Phi) is 7.68. The van der Waals surface area contributed by atoms with Crippen LogP contribution in [-0.4, -0.2) is 61.3 Å². The molecule has 0 amide bonds. The molecule has 23 heavy (non-hydrogen) atoms. The van der Waals surface area contributed by atoms with E-state index in [1.807, 2.05) is 6.07 Å². The summed E-state index contributed by atoms with van der Waals surface area (Å²) in [5.74, 6) is 0. The van der Waals surface area contributed by atoms with Crippen molar-refractivity contribution < 1.29 is 18.0 Å². The van der Waals surface area contributed by atoms with E-state index < -0.39 is 8.80 Å². The van der Waals surface area contributed by atoms with E-state index in [1.54, 1.807) is 21.3 Å². The van der Waals surface area contributed by atoms with Crippen molar-refractivity contribution >= 4 is 8.80 Å². The third-order valence-electron chi connectivity index (χ3n) is 4.32. The third kappa shape index (κ3) is 5.38. The van der Waals surface area contributed by atoms with Crippen LogP contribution < -0.4 is 0 Å². The van der Waals surface area contributed by atoms with Gasteiger partial charge in [-0.1, -0.05) is 30.3 Å². The first-order valence-electron chi connectivity index (χ1n) is 8.27. The van der Waals surface area contributed by atoms with E-state index in [1.165, 1.54) is 5.56 Å². The summed E-state index contributed by atoms with van der Waals surface area (Å²) in [5.41, 5.74) is 1.18. The van der Waals surface area contributed by atoms with Gasteiger partial charge >= 0.3 is 8.80 Å². The Hall–Kier alpha value is -0.763. The predicted octanol–water partition coefficient (Wildman–Crippen LogP) is 2.72. The minimum absolute atomic E-state index is 0.0226. The van der Waals surface area contributed by atoms with E-state index in [4.69, 9.17) is 18.0 Å². The molecule has 1 aromatic rings. The van der Waals surface area contributed by atoms with Gasteiger partial charge in [0.2, 0.25) is 0 Å². The lowest BCUT2D eigenvalue weighted by atomic mass is 10.1. The van der Waals surface area contributed by atoms with E-state index in [-0.39, 0.29) is 6.10 Å². The summed E-state index contributed by atoms with van der Waals surface area (Å²) in [7, 11) is 2.58. The summed E-state index contributed by atoms with van der Waals surface area (Å²) in [6.45, 7) is 3.71. The van der Waals surface area contributed by atoms with Gasteiger partial charge in [0.15, 0.2) is 0 Å². The Morgan fingerprint density at radius 2 is 1.91 bits per heavy atom. The van der Waals surface area contributed by atoms with Crippen molar-refractivity contribution in [2.45, 2.75) is 25.0 Å². The Bertz CT molecular complexity index is 441. The molecule has 0 radical (unpaired) electrons. The molecular formula is C17H29NO4Si. The molecule has 1 atom stereocenters. The number of hydrogen-bond acceptors (Lipinski definition) is 5. The van der Waals surface area contributed by atoms with E-state index in [0.717, 1.165) is 45.1 Å². The second-order valence-electron chi connectivity index (χ2n) is 5.86. The molecule has 0 saturated carbocycles. The normalized spacial score (nSPS) is 22.5. The molecule has 0 N–H and O–H groups in total.